The van der Waals surface area contributed by atoms with Crippen molar-refractivity contribution in [3.05, 3.63) is 0 Å². The van der Waals surface area contributed by atoms with Gasteiger partial charge in [0, 0.05) is 6.42 Å². The quantitative estimate of drug-likeness (QED) is 0.486. The summed E-state index contributed by atoms with van der Waals surface area (Å²) in [7, 11) is 0. The average molecular weight is 160 g/mol. The molecule has 0 aromatic rings. The largest absolute Gasteiger partial charge is 0.477 e. The molecular formula is C7H12O4. The maximum absolute atomic E-state index is 10.5. The zero-order chi connectivity index (χ0) is 8.70. The molecule has 1 aliphatic rings. The molecule has 0 atom stereocenters. The van der Waals surface area contributed by atoms with Crippen LogP contribution in [-0.2, 0) is 14.6 Å². The summed E-state index contributed by atoms with van der Waals surface area (Å²) in [6.45, 7) is 5.80. The van der Waals surface area contributed by atoms with Gasteiger partial charge in [-0.15, -0.1) is 0 Å². The molecule has 0 saturated carbocycles. The van der Waals surface area contributed by atoms with Crippen LogP contribution in [0.25, 0.3) is 0 Å². The molecule has 0 aliphatic carbocycles. The van der Waals surface area contributed by atoms with Crippen molar-refractivity contribution < 1.29 is 19.7 Å². The molecule has 4 heteroatoms. The molecule has 1 fully saturated rings. The van der Waals surface area contributed by atoms with Crippen molar-refractivity contribution in [2.24, 2.45) is 5.41 Å². The molecule has 0 amide bonds. The van der Waals surface area contributed by atoms with E-state index >= 15 is 0 Å². The maximum atomic E-state index is 10.5. The van der Waals surface area contributed by atoms with Crippen LogP contribution in [0.15, 0.2) is 0 Å². The first-order valence-corrected chi connectivity index (χ1v) is 3.46. The summed E-state index contributed by atoms with van der Waals surface area (Å²) in [5.41, 5.74) is -0.102. The minimum atomic E-state index is -1.35. The lowest BCUT2D eigenvalue weighted by Crippen LogP contribution is -2.29. The Hall–Kier alpha value is -0.610. The lowest BCUT2D eigenvalue weighted by molar-refractivity contribution is -0.145. The number of hydrogen-bond acceptors (Lipinski definition) is 3. The van der Waals surface area contributed by atoms with Crippen molar-refractivity contribution in [1.82, 2.24) is 0 Å². The Morgan fingerprint density at radius 3 is 2.00 bits per heavy atom. The Kier molecular flexibility index (Phi) is 1.69. The van der Waals surface area contributed by atoms with Crippen molar-refractivity contribution in [2.45, 2.75) is 33.0 Å². The van der Waals surface area contributed by atoms with Gasteiger partial charge in [-0.25, -0.2) is 4.79 Å². The Bertz CT molecular complexity index is 175. The molecule has 11 heavy (non-hydrogen) atoms. The summed E-state index contributed by atoms with van der Waals surface area (Å²) < 4.78 is 0. The van der Waals surface area contributed by atoms with Crippen molar-refractivity contribution in [3.8, 4) is 0 Å². The van der Waals surface area contributed by atoms with Crippen molar-refractivity contribution in [3.63, 3.8) is 0 Å². The van der Waals surface area contributed by atoms with E-state index in [1.807, 2.05) is 20.8 Å². The number of carbonyl (C=O) groups is 1. The fraction of sp³-hybridized carbons (Fsp3) is 0.857. The Balaban J connectivity index is 2.55. The van der Waals surface area contributed by atoms with E-state index in [-0.39, 0.29) is 5.41 Å². The number of hydrogen-bond donors (Lipinski definition) is 1. The van der Waals surface area contributed by atoms with Crippen molar-refractivity contribution in [2.75, 3.05) is 0 Å². The summed E-state index contributed by atoms with van der Waals surface area (Å²) >= 11 is 0. The molecular weight excluding hydrogens is 148 g/mol. The molecule has 1 aliphatic heterocycles. The van der Waals surface area contributed by atoms with E-state index in [9.17, 15) is 4.79 Å². The smallest absolute Gasteiger partial charge is 0.370 e. The third-order valence-corrected chi connectivity index (χ3v) is 1.37. The van der Waals surface area contributed by atoms with Crippen LogP contribution < -0.4 is 0 Å². The van der Waals surface area contributed by atoms with E-state index in [4.69, 9.17) is 5.11 Å². The second-order valence-electron chi connectivity index (χ2n) is 3.96. The van der Waals surface area contributed by atoms with E-state index in [1.54, 1.807) is 0 Å². The molecule has 0 radical (unpaired) electrons. The van der Waals surface area contributed by atoms with E-state index in [0.717, 1.165) is 0 Å². The van der Waals surface area contributed by atoms with Gasteiger partial charge in [-0.3, -0.25) is 0 Å². The normalized spacial score (nSPS) is 21.4. The fourth-order valence-electron chi connectivity index (χ4n) is 0.954. The Morgan fingerprint density at radius 1 is 1.45 bits per heavy atom. The monoisotopic (exact) mass is 160 g/mol. The van der Waals surface area contributed by atoms with E-state index in [1.165, 1.54) is 0 Å². The summed E-state index contributed by atoms with van der Waals surface area (Å²) in [5.74, 6) is -2.40. The van der Waals surface area contributed by atoms with E-state index in [2.05, 4.69) is 9.78 Å². The van der Waals surface area contributed by atoms with Gasteiger partial charge in [-0.2, -0.15) is 9.78 Å². The minimum Gasteiger partial charge on any atom is -0.477 e. The molecule has 1 heterocycles. The van der Waals surface area contributed by atoms with Gasteiger partial charge in [0.15, 0.2) is 0 Å². The Labute approximate surface area is 65.0 Å². The summed E-state index contributed by atoms with van der Waals surface area (Å²) in [5, 5.41) is 8.62. The molecule has 0 unspecified atom stereocenters. The zero-order valence-electron chi connectivity index (χ0n) is 6.88. The first-order chi connectivity index (χ1) is 4.86. The molecule has 1 N–H and O–H groups in total. The van der Waals surface area contributed by atoms with E-state index < -0.39 is 11.8 Å². The Morgan fingerprint density at radius 2 is 1.91 bits per heavy atom. The van der Waals surface area contributed by atoms with Crippen LogP contribution in [0.4, 0.5) is 0 Å². The predicted molar refractivity (Wildman–Crippen MR) is 36.6 cm³/mol. The lowest BCUT2D eigenvalue weighted by Gasteiger charge is -2.17. The van der Waals surface area contributed by atoms with Crippen LogP contribution in [0, 0.1) is 5.41 Å². The van der Waals surface area contributed by atoms with Gasteiger partial charge < -0.3 is 5.11 Å². The molecule has 0 spiro atoms. The lowest BCUT2D eigenvalue weighted by atomic mass is 9.88. The van der Waals surface area contributed by atoms with Crippen LogP contribution in [0.1, 0.15) is 27.2 Å². The molecule has 4 nitrogen and oxygen atoms in total. The van der Waals surface area contributed by atoms with Gasteiger partial charge in [0.25, 0.3) is 0 Å². The van der Waals surface area contributed by atoms with Gasteiger partial charge in [-0.05, 0) is 5.41 Å². The van der Waals surface area contributed by atoms with Gasteiger partial charge in [0.05, 0.1) is 0 Å². The summed E-state index contributed by atoms with van der Waals surface area (Å²) in [6.07, 6.45) is 0.370. The molecule has 0 aromatic carbocycles. The maximum Gasteiger partial charge on any atom is 0.370 e. The van der Waals surface area contributed by atoms with Crippen LogP contribution in [0.5, 0.6) is 0 Å². The molecule has 0 aromatic heterocycles. The molecule has 1 saturated heterocycles. The molecule has 0 bridgehead atoms. The number of aliphatic carboxylic acids is 1. The summed E-state index contributed by atoms with van der Waals surface area (Å²) in [6, 6.07) is 0. The van der Waals surface area contributed by atoms with E-state index in [0.29, 0.717) is 6.42 Å². The van der Waals surface area contributed by atoms with Crippen LogP contribution in [0.2, 0.25) is 0 Å². The SMILES string of the molecule is CC(C)(C)CC1(C(=O)O)OO1. The highest BCUT2D eigenvalue weighted by molar-refractivity contribution is 5.77. The average Bonchev–Trinajstić information content (AvgIpc) is 2.43. The van der Waals surface area contributed by atoms with Gasteiger partial charge in [-0.1, -0.05) is 20.8 Å². The second kappa shape index (κ2) is 2.19. The number of carboxylic acids is 1. The first-order valence-electron chi connectivity index (χ1n) is 3.46. The van der Waals surface area contributed by atoms with Crippen molar-refractivity contribution in [1.29, 1.82) is 0 Å². The van der Waals surface area contributed by atoms with Crippen molar-refractivity contribution >= 4 is 5.97 Å². The minimum absolute atomic E-state index is 0.102. The first kappa shape index (κ1) is 8.49. The highest BCUT2D eigenvalue weighted by atomic mass is 17.4. The highest BCUT2D eigenvalue weighted by Gasteiger charge is 2.59. The zero-order valence-corrected chi connectivity index (χ0v) is 6.88. The third kappa shape index (κ3) is 1.91. The van der Waals surface area contributed by atoms with Gasteiger partial charge in [0.1, 0.15) is 0 Å². The van der Waals surface area contributed by atoms with Crippen LogP contribution >= 0.6 is 0 Å². The molecule has 64 valence electrons. The number of rotatable bonds is 2. The third-order valence-electron chi connectivity index (χ3n) is 1.37. The van der Waals surface area contributed by atoms with Crippen LogP contribution in [0.3, 0.4) is 0 Å². The topological polar surface area (TPSA) is 62.4 Å². The van der Waals surface area contributed by atoms with Gasteiger partial charge in [0.2, 0.25) is 0 Å². The standard InChI is InChI=1S/C7H12O4/c1-6(2,3)4-7(5(8)9)10-11-7/h4H2,1-3H3,(H,8,9). The summed E-state index contributed by atoms with van der Waals surface area (Å²) in [4.78, 5) is 19.4. The van der Waals surface area contributed by atoms with Gasteiger partial charge >= 0.3 is 11.8 Å². The predicted octanol–water partition coefficient (Wildman–Crippen LogP) is 1.17. The molecule has 1 rings (SSSR count). The number of carboxylic acid groups (broad SMARTS) is 1. The second-order valence-corrected chi connectivity index (χ2v) is 3.96. The van der Waals surface area contributed by atoms with Crippen LogP contribution in [-0.4, -0.2) is 16.9 Å². The highest BCUT2D eigenvalue weighted by Crippen LogP contribution is 2.40. The fourth-order valence-corrected chi connectivity index (χ4v) is 0.954.